The molecule has 4 heterocycles. The number of rotatable bonds is 6. The first-order valence-electron chi connectivity index (χ1n) is 10.3. The summed E-state index contributed by atoms with van der Waals surface area (Å²) in [5.74, 6) is 0.374. The Morgan fingerprint density at radius 3 is 2.88 bits per heavy atom. The fraction of sp³-hybridized carbons (Fsp3) is 0.273. The maximum atomic E-state index is 12.9. The second-order valence-electron chi connectivity index (χ2n) is 7.70. The normalized spacial score (nSPS) is 17.3. The average molecular weight is 541 g/mol. The SMILES string of the molecule is CN1CCN(Cc2c#cc(NC(=O)C3=N[I-]C=C3Nc3ncnc4[nH]ccc34)cc2)CC1. The van der Waals surface area contributed by atoms with Gasteiger partial charge in [0.15, 0.2) is 0 Å². The van der Waals surface area contributed by atoms with Crippen LogP contribution in [0.1, 0.15) is 5.56 Å². The average Bonchev–Trinajstić information content (AvgIpc) is 3.47. The standard InChI is InChI=1S/C22H22IN8O/c1-30-8-10-31(11-9-30)13-15-2-4-16(5-3-15)27-22(32)19-18(12-23-29-19)28-21-17-6-7-24-20(17)25-14-26-21/h2,4,6-7,12,14H,8-11,13H2,1H3,(H,27,32)(H2,24,25,26,28)/q-1. The summed E-state index contributed by atoms with van der Waals surface area (Å²) in [7, 11) is 2.15. The number of hydrogen-bond donors (Lipinski definition) is 3. The molecule has 2 aromatic heterocycles. The molecule has 9 nitrogen and oxygen atoms in total. The van der Waals surface area contributed by atoms with E-state index in [1.807, 2.05) is 28.5 Å². The Labute approximate surface area is 196 Å². The Bertz CT molecular complexity index is 1180. The summed E-state index contributed by atoms with van der Waals surface area (Å²) < 4.78 is 6.43. The molecule has 1 aromatic carbocycles. The van der Waals surface area contributed by atoms with Gasteiger partial charge in [0.25, 0.3) is 0 Å². The summed E-state index contributed by atoms with van der Waals surface area (Å²) >= 11 is -0.574. The Morgan fingerprint density at radius 2 is 2.06 bits per heavy atom. The summed E-state index contributed by atoms with van der Waals surface area (Å²) in [6.45, 7) is 5.11. The van der Waals surface area contributed by atoms with Gasteiger partial charge in [-0.2, -0.15) is 0 Å². The van der Waals surface area contributed by atoms with Crippen molar-refractivity contribution in [2.24, 2.45) is 3.21 Å². The molecule has 2 aliphatic heterocycles. The molecule has 1 fully saturated rings. The number of H-pyrrole nitrogens is 1. The third-order valence-electron chi connectivity index (χ3n) is 5.42. The molecule has 0 radical (unpaired) electrons. The van der Waals surface area contributed by atoms with Crippen LogP contribution in [0.15, 0.2) is 43.7 Å². The maximum absolute atomic E-state index is 12.9. The number of amides is 1. The fourth-order valence-electron chi connectivity index (χ4n) is 3.57. The number of hydrogen-bond acceptors (Lipinski definition) is 7. The van der Waals surface area contributed by atoms with Crippen LogP contribution in [0.25, 0.3) is 11.0 Å². The van der Waals surface area contributed by atoms with Gasteiger partial charge in [0.05, 0.1) is 0 Å². The van der Waals surface area contributed by atoms with Crippen LogP contribution in [0.3, 0.4) is 0 Å². The molecule has 0 saturated carbocycles. The van der Waals surface area contributed by atoms with E-state index >= 15 is 0 Å². The van der Waals surface area contributed by atoms with E-state index < -0.39 is 21.5 Å². The Balaban J connectivity index is 1.21. The van der Waals surface area contributed by atoms with Gasteiger partial charge in [-0.25, -0.2) is 0 Å². The van der Waals surface area contributed by atoms with E-state index in [0.717, 1.165) is 49.3 Å². The first-order chi connectivity index (χ1) is 15.7. The zero-order valence-corrected chi connectivity index (χ0v) is 19.7. The van der Waals surface area contributed by atoms with Crippen LogP contribution in [0.2, 0.25) is 0 Å². The molecule has 10 heteroatoms. The van der Waals surface area contributed by atoms with Gasteiger partial charge < -0.3 is 4.90 Å². The van der Waals surface area contributed by atoms with Gasteiger partial charge in [-0.3, -0.25) is 0 Å². The first kappa shape index (κ1) is 20.9. The number of fused-ring (bicyclic) bond motifs is 1. The van der Waals surface area contributed by atoms with Gasteiger partial charge in [-0.1, -0.05) is 0 Å². The topological polar surface area (TPSA) is 102 Å². The number of piperazine rings is 1. The number of halogens is 1. The predicted octanol–water partition coefficient (Wildman–Crippen LogP) is -1.34. The Hall–Kier alpha value is -3.01. The third kappa shape index (κ3) is 4.59. The molecule has 1 amide bonds. The van der Waals surface area contributed by atoms with Crippen LogP contribution in [0, 0.1) is 12.1 Å². The van der Waals surface area contributed by atoms with Gasteiger partial charge in [-0.15, -0.1) is 0 Å². The zero-order valence-electron chi connectivity index (χ0n) is 17.5. The molecule has 5 rings (SSSR count). The fourth-order valence-corrected chi connectivity index (χ4v) is 5.20. The molecule has 3 N–H and O–H groups in total. The molecule has 3 aromatic rings. The minimum absolute atomic E-state index is 0.267. The molecule has 0 aliphatic carbocycles. The summed E-state index contributed by atoms with van der Waals surface area (Å²) in [6.07, 6.45) is 3.29. The number of aromatic nitrogens is 3. The van der Waals surface area contributed by atoms with E-state index in [2.05, 4.69) is 57.8 Å². The molecule has 0 unspecified atom stereocenters. The number of likely N-dealkylation sites (N-methyl/N-ethyl adjacent to an activating group) is 1. The molecular formula is C22H22IN8O-. The van der Waals surface area contributed by atoms with Gasteiger partial charge in [-0.05, 0) is 7.05 Å². The molecular weight excluding hydrogens is 519 g/mol. The van der Waals surface area contributed by atoms with Crippen molar-refractivity contribution in [3.8, 4) is 0 Å². The van der Waals surface area contributed by atoms with Crippen molar-refractivity contribution < 1.29 is 26.3 Å². The summed E-state index contributed by atoms with van der Waals surface area (Å²) in [5.41, 5.74) is 3.44. The number of nitrogens with one attached hydrogen (secondary N) is 3. The van der Waals surface area contributed by atoms with Crippen molar-refractivity contribution in [3.63, 3.8) is 0 Å². The van der Waals surface area contributed by atoms with E-state index in [0.29, 0.717) is 22.9 Å². The van der Waals surface area contributed by atoms with Crippen molar-refractivity contribution >= 4 is 34.2 Å². The van der Waals surface area contributed by atoms with E-state index in [1.165, 1.54) is 6.33 Å². The van der Waals surface area contributed by atoms with Crippen LogP contribution < -0.4 is 32.1 Å². The van der Waals surface area contributed by atoms with Crippen LogP contribution >= 0.6 is 0 Å². The second kappa shape index (κ2) is 9.23. The molecule has 1 saturated heterocycles. The molecule has 0 atom stereocenters. The zero-order chi connectivity index (χ0) is 21.9. The molecule has 0 spiro atoms. The van der Waals surface area contributed by atoms with Crippen molar-refractivity contribution in [3.05, 3.63) is 58.2 Å². The molecule has 0 bridgehead atoms. The molecule has 32 heavy (non-hydrogen) atoms. The van der Waals surface area contributed by atoms with Gasteiger partial charge in [0, 0.05) is 0 Å². The van der Waals surface area contributed by atoms with Crippen molar-refractivity contribution in [1.82, 2.24) is 24.8 Å². The monoisotopic (exact) mass is 541 g/mol. The van der Waals surface area contributed by atoms with Gasteiger partial charge in [0.2, 0.25) is 0 Å². The number of nitrogens with zero attached hydrogens (tertiary/aromatic N) is 5. The number of carbonyl (C=O) groups is 1. The van der Waals surface area contributed by atoms with Crippen LogP contribution in [-0.2, 0) is 11.3 Å². The van der Waals surface area contributed by atoms with Crippen LogP contribution in [-0.4, -0.2) is 69.6 Å². The van der Waals surface area contributed by atoms with Crippen molar-refractivity contribution in [1.29, 1.82) is 0 Å². The van der Waals surface area contributed by atoms with E-state index in [9.17, 15) is 4.79 Å². The molecule has 164 valence electrons. The van der Waals surface area contributed by atoms with E-state index in [4.69, 9.17) is 0 Å². The quantitative estimate of drug-likeness (QED) is 0.334. The summed E-state index contributed by atoms with van der Waals surface area (Å²) in [6, 6.07) is 12.0. The molecule has 2 aliphatic rings. The summed E-state index contributed by atoms with van der Waals surface area (Å²) in [4.78, 5) is 29.2. The van der Waals surface area contributed by atoms with Gasteiger partial charge >= 0.3 is 185 Å². The Morgan fingerprint density at radius 1 is 1.19 bits per heavy atom. The van der Waals surface area contributed by atoms with Crippen LogP contribution in [0.4, 0.5) is 11.5 Å². The Kier molecular flexibility index (Phi) is 6.02. The predicted molar refractivity (Wildman–Crippen MR) is 119 cm³/mol. The van der Waals surface area contributed by atoms with Crippen molar-refractivity contribution in [2.45, 2.75) is 6.54 Å². The van der Waals surface area contributed by atoms with E-state index in [1.54, 1.807) is 0 Å². The van der Waals surface area contributed by atoms with E-state index in [-0.39, 0.29) is 5.91 Å². The summed E-state index contributed by atoms with van der Waals surface area (Å²) in [5, 5.41) is 6.99. The number of aromatic amines is 1. The van der Waals surface area contributed by atoms with Crippen LogP contribution in [0.5, 0.6) is 0 Å². The second-order valence-corrected chi connectivity index (χ2v) is 9.36. The minimum atomic E-state index is -0.574. The van der Waals surface area contributed by atoms with Gasteiger partial charge in [0.1, 0.15) is 0 Å². The van der Waals surface area contributed by atoms with Crippen molar-refractivity contribution in [2.75, 3.05) is 43.9 Å². The third-order valence-corrected chi connectivity index (χ3v) is 7.08. The number of carbonyl (C=O) groups excluding carboxylic acids is 1. The number of anilines is 2. The first-order valence-corrected chi connectivity index (χ1v) is 12.5.